The van der Waals surface area contributed by atoms with Crippen molar-refractivity contribution in [1.29, 1.82) is 0 Å². The van der Waals surface area contributed by atoms with Crippen molar-refractivity contribution < 1.29 is 37.4 Å². The Morgan fingerprint density at radius 1 is 1.03 bits per heavy atom. The topological polar surface area (TPSA) is 89.5 Å². The molecule has 1 aliphatic heterocycles. The number of hydrogen-bond donors (Lipinski definition) is 0. The maximum atomic E-state index is 13.0. The number of cyclic esters (lactones) is 1. The standard InChI is InChI=1S/C24H41O8PSi/c1-16(2)31-33(26,32-17(3)4)15-28-11-10-19-22(27-6)18(5)20-14-30-24(25)21(20)23(19)29-12-13-34(7,8)9/h16-17H,10-15H2,1-9H3. The van der Waals surface area contributed by atoms with Gasteiger partial charge in [-0.3, -0.25) is 4.57 Å². The second-order valence-electron chi connectivity index (χ2n) is 10.3. The van der Waals surface area contributed by atoms with Crippen LogP contribution in [0.25, 0.3) is 0 Å². The monoisotopic (exact) mass is 516 g/mol. The second-order valence-corrected chi connectivity index (χ2v) is 17.8. The summed E-state index contributed by atoms with van der Waals surface area (Å²) in [4.78, 5) is 12.6. The van der Waals surface area contributed by atoms with E-state index in [0.717, 1.165) is 22.7 Å². The molecule has 1 aromatic rings. The van der Waals surface area contributed by atoms with E-state index in [-0.39, 0.29) is 37.7 Å². The van der Waals surface area contributed by atoms with Crippen LogP contribution in [0.2, 0.25) is 25.7 Å². The van der Waals surface area contributed by atoms with Gasteiger partial charge in [0.1, 0.15) is 30.0 Å². The normalized spacial score (nSPS) is 14.0. The third-order valence-corrected chi connectivity index (χ3v) is 8.90. The molecule has 194 valence electrons. The zero-order valence-electron chi connectivity index (χ0n) is 22.1. The number of carbonyl (C=O) groups excluding carboxylic acids is 1. The van der Waals surface area contributed by atoms with E-state index in [2.05, 4.69) is 19.6 Å². The SMILES string of the molecule is COc1c(C)c2c(c(OCC[Si](C)(C)C)c1CCOCP(=O)(OC(C)C)OC(C)C)C(=O)OC2. The van der Waals surface area contributed by atoms with Crippen molar-refractivity contribution >= 4 is 21.6 Å². The molecular weight excluding hydrogens is 475 g/mol. The highest BCUT2D eigenvalue weighted by Crippen LogP contribution is 2.50. The number of benzene rings is 1. The van der Waals surface area contributed by atoms with Crippen LogP contribution in [0.1, 0.15) is 54.7 Å². The lowest BCUT2D eigenvalue weighted by molar-refractivity contribution is 0.0532. The van der Waals surface area contributed by atoms with Crippen LogP contribution in [-0.2, 0) is 36.1 Å². The van der Waals surface area contributed by atoms with Crippen LogP contribution in [0.4, 0.5) is 0 Å². The van der Waals surface area contributed by atoms with E-state index in [1.165, 1.54) is 0 Å². The third-order valence-electron chi connectivity index (χ3n) is 5.21. The van der Waals surface area contributed by atoms with Crippen LogP contribution < -0.4 is 9.47 Å². The van der Waals surface area contributed by atoms with Crippen molar-refractivity contribution in [1.82, 2.24) is 0 Å². The van der Waals surface area contributed by atoms with Crippen LogP contribution in [0.3, 0.4) is 0 Å². The summed E-state index contributed by atoms with van der Waals surface area (Å²) in [6.07, 6.45) is -0.283. The maximum Gasteiger partial charge on any atom is 0.356 e. The summed E-state index contributed by atoms with van der Waals surface area (Å²) in [5, 5.41) is 0. The van der Waals surface area contributed by atoms with Crippen LogP contribution in [0, 0.1) is 6.92 Å². The molecule has 0 N–H and O–H groups in total. The van der Waals surface area contributed by atoms with Gasteiger partial charge in [-0.15, -0.1) is 0 Å². The van der Waals surface area contributed by atoms with Gasteiger partial charge in [0.2, 0.25) is 0 Å². The number of methoxy groups -OCH3 is 1. The number of rotatable bonds is 14. The quantitative estimate of drug-likeness (QED) is 0.130. The Kier molecular flexibility index (Phi) is 10.2. The molecule has 1 heterocycles. The zero-order valence-corrected chi connectivity index (χ0v) is 24.0. The lowest BCUT2D eigenvalue weighted by Gasteiger charge is -2.23. The molecule has 0 aromatic heterocycles. The molecule has 10 heteroatoms. The average Bonchev–Trinajstić information content (AvgIpc) is 3.07. The van der Waals surface area contributed by atoms with Crippen molar-refractivity contribution in [2.45, 2.75) is 85.5 Å². The summed E-state index contributed by atoms with van der Waals surface area (Å²) < 4.78 is 47.2. The number of hydrogen-bond acceptors (Lipinski definition) is 8. The Hall–Kier alpha value is -1.38. The van der Waals surface area contributed by atoms with E-state index < -0.39 is 15.7 Å². The fraction of sp³-hybridized carbons (Fsp3) is 0.708. The Morgan fingerprint density at radius 3 is 2.18 bits per heavy atom. The average molecular weight is 517 g/mol. The number of fused-ring (bicyclic) bond motifs is 1. The summed E-state index contributed by atoms with van der Waals surface area (Å²) in [6, 6.07) is 0.950. The molecule has 0 unspecified atom stereocenters. The highest BCUT2D eigenvalue weighted by atomic mass is 31.2. The molecule has 0 atom stereocenters. The molecule has 0 spiro atoms. The van der Waals surface area contributed by atoms with Crippen LogP contribution >= 0.6 is 7.60 Å². The first kappa shape index (κ1) is 28.9. The third kappa shape index (κ3) is 7.82. The Balaban J connectivity index is 2.27. The molecule has 0 fully saturated rings. The molecule has 0 bridgehead atoms. The summed E-state index contributed by atoms with van der Waals surface area (Å²) in [5.74, 6) is 0.775. The van der Waals surface area contributed by atoms with Crippen LogP contribution in [0.15, 0.2) is 0 Å². The Bertz CT molecular complexity index is 893. The fourth-order valence-corrected chi connectivity index (χ4v) is 6.27. The fourth-order valence-electron chi connectivity index (χ4n) is 3.75. The van der Waals surface area contributed by atoms with Crippen molar-refractivity contribution in [2.75, 3.05) is 26.7 Å². The van der Waals surface area contributed by atoms with E-state index in [1.54, 1.807) is 34.8 Å². The smallest absolute Gasteiger partial charge is 0.356 e. The van der Waals surface area contributed by atoms with E-state index in [4.69, 9.17) is 28.0 Å². The molecule has 2 rings (SSSR count). The van der Waals surface area contributed by atoms with Gasteiger partial charge in [-0.25, -0.2) is 4.79 Å². The van der Waals surface area contributed by atoms with Gasteiger partial charge in [0.25, 0.3) is 0 Å². The van der Waals surface area contributed by atoms with Crippen molar-refractivity contribution in [2.24, 2.45) is 0 Å². The molecule has 0 amide bonds. The molecule has 8 nitrogen and oxygen atoms in total. The highest BCUT2D eigenvalue weighted by Gasteiger charge is 2.34. The lowest BCUT2D eigenvalue weighted by Crippen LogP contribution is -2.23. The van der Waals surface area contributed by atoms with Gasteiger partial charge in [0.05, 0.1) is 32.5 Å². The van der Waals surface area contributed by atoms with Gasteiger partial charge >= 0.3 is 13.6 Å². The van der Waals surface area contributed by atoms with Gasteiger partial charge in [-0.05, 0) is 46.2 Å². The van der Waals surface area contributed by atoms with Gasteiger partial charge < -0.3 is 28.0 Å². The first-order chi connectivity index (χ1) is 15.8. The number of carbonyl (C=O) groups is 1. The van der Waals surface area contributed by atoms with Gasteiger partial charge in [0, 0.05) is 25.6 Å². The minimum atomic E-state index is -3.41. The molecule has 34 heavy (non-hydrogen) atoms. The van der Waals surface area contributed by atoms with Crippen LogP contribution in [-0.4, -0.2) is 52.9 Å². The first-order valence-corrected chi connectivity index (χ1v) is 17.3. The van der Waals surface area contributed by atoms with E-state index in [0.29, 0.717) is 30.1 Å². The van der Waals surface area contributed by atoms with Gasteiger partial charge in [-0.1, -0.05) is 19.6 Å². The van der Waals surface area contributed by atoms with Crippen molar-refractivity contribution in [3.63, 3.8) is 0 Å². The predicted octanol–water partition coefficient (Wildman–Crippen LogP) is 5.95. The van der Waals surface area contributed by atoms with E-state index >= 15 is 0 Å². The van der Waals surface area contributed by atoms with Crippen molar-refractivity contribution in [3.05, 3.63) is 22.3 Å². The molecule has 0 saturated heterocycles. The summed E-state index contributed by atoms with van der Waals surface area (Å²) in [6.45, 7) is 16.9. The minimum absolute atomic E-state index is 0.163. The molecule has 0 saturated carbocycles. The highest BCUT2D eigenvalue weighted by molar-refractivity contribution is 7.53. The minimum Gasteiger partial charge on any atom is -0.496 e. The first-order valence-electron chi connectivity index (χ1n) is 11.8. The molecular formula is C24H41O8PSi. The molecule has 0 aliphatic carbocycles. The molecule has 1 aromatic carbocycles. The summed E-state index contributed by atoms with van der Waals surface area (Å²) in [7, 11) is -3.14. The molecule has 0 radical (unpaired) electrons. The molecule has 1 aliphatic rings. The number of esters is 1. The van der Waals surface area contributed by atoms with E-state index in [9.17, 15) is 9.36 Å². The van der Waals surface area contributed by atoms with Crippen LogP contribution in [0.5, 0.6) is 11.5 Å². The predicted molar refractivity (Wildman–Crippen MR) is 135 cm³/mol. The summed E-state index contributed by atoms with van der Waals surface area (Å²) >= 11 is 0. The van der Waals surface area contributed by atoms with E-state index in [1.807, 2.05) is 6.92 Å². The van der Waals surface area contributed by atoms with Gasteiger partial charge in [0.15, 0.2) is 0 Å². The summed E-state index contributed by atoms with van der Waals surface area (Å²) in [5.41, 5.74) is 2.88. The number of ether oxygens (including phenoxy) is 4. The zero-order chi connectivity index (χ0) is 25.7. The van der Waals surface area contributed by atoms with Gasteiger partial charge in [-0.2, -0.15) is 0 Å². The Morgan fingerprint density at radius 2 is 1.65 bits per heavy atom. The lowest BCUT2D eigenvalue weighted by atomic mass is 9.95. The largest absolute Gasteiger partial charge is 0.496 e. The maximum absolute atomic E-state index is 13.0. The second kappa shape index (κ2) is 12.0. The Labute approximate surface area is 205 Å². The van der Waals surface area contributed by atoms with Crippen molar-refractivity contribution in [3.8, 4) is 11.5 Å².